The van der Waals surface area contributed by atoms with E-state index in [1.165, 1.54) is 42.2 Å². The molecule has 0 aliphatic heterocycles. The summed E-state index contributed by atoms with van der Waals surface area (Å²) in [5.41, 5.74) is 1.58. The summed E-state index contributed by atoms with van der Waals surface area (Å²) < 4.78 is 20.4. The molecule has 1 amide bonds. The van der Waals surface area contributed by atoms with Gasteiger partial charge >= 0.3 is 0 Å². The van der Waals surface area contributed by atoms with Crippen LogP contribution < -0.4 is 4.90 Å². The Kier molecular flexibility index (Phi) is 6.59. The van der Waals surface area contributed by atoms with Crippen molar-refractivity contribution in [2.24, 2.45) is 0 Å². The average molecular weight is 407 g/mol. The van der Waals surface area contributed by atoms with Gasteiger partial charge in [-0.1, -0.05) is 17.8 Å². The Morgan fingerprint density at radius 3 is 3.04 bits per heavy atom. The second kappa shape index (κ2) is 9.12. The molecule has 0 aliphatic carbocycles. The van der Waals surface area contributed by atoms with Gasteiger partial charge in [-0.05, 0) is 18.2 Å². The molecule has 0 atom stereocenters. The van der Waals surface area contributed by atoms with Crippen molar-refractivity contribution in [3.8, 4) is 5.69 Å². The highest BCUT2D eigenvalue weighted by atomic mass is 32.2. The van der Waals surface area contributed by atoms with Gasteiger partial charge in [-0.25, -0.2) is 14.4 Å². The number of ether oxygens (including phenoxy) is 1. The Labute approximate surface area is 165 Å². The van der Waals surface area contributed by atoms with Crippen LogP contribution in [-0.2, 0) is 15.3 Å². The number of thioether (sulfide) groups is 1. The second-order valence-electron chi connectivity index (χ2n) is 5.63. The highest BCUT2D eigenvalue weighted by Crippen LogP contribution is 2.27. The predicted octanol–water partition coefficient (Wildman–Crippen LogP) is 3.76. The molecule has 9 heteroatoms. The van der Waals surface area contributed by atoms with Crippen molar-refractivity contribution in [2.75, 3.05) is 25.2 Å². The van der Waals surface area contributed by atoms with Crippen LogP contribution in [0, 0.1) is 5.82 Å². The zero-order valence-electron chi connectivity index (χ0n) is 15.0. The van der Waals surface area contributed by atoms with Crippen LogP contribution >= 0.6 is 23.1 Å². The van der Waals surface area contributed by atoms with Crippen LogP contribution in [-0.4, -0.2) is 40.7 Å². The lowest BCUT2D eigenvalue weighted by Crippen LogP contribution is -2.31. The van der Waals surface area contributed by atoms with Crippen molar-refractivity contribution in [1.29, 1.82) is 0 Å². The van der Waals surface area contributed by atoms with Crippen LogP contribution in [0.2, 0.25) is 0 Å². The largest absolute Gasteiger partial charge is 0.383 e. The van der Waals surface area contributed by atoms with E-state index in [4.69, 9.17) is 4.74 Å². The number of rotatable bonds is 8. The lowest BCUT2D eigenvalue weighted by atomic mass is 10.3. The summed E-state index contributed by atoms with van der Waals surface area (Å²) in [6.07, 6.45) is 3.48. The van der Waals surface area contributed by atoms with E-state index in [2.05, 4.69) is 9.97 Å². The molecule has 0 aliphatic rings. The molecule has 3 rings (SSSR count). The number of nitrogens with zero attached hydrogens (tertiary/aromatic N) is 4. The van der Waals surface area contributed by atoms with Gasteiger partial charge in [0.25, 0.3) is 0 Å². The van der Waals surface area contributed by atoms with Crippen molar-refractivity contribution in [3.63, 3.8) is 0 Å². The normalized spacial score (nSPS) is 10.9. The Morgan fingerprint density at radius 1 is 1.44 bits per heavy atom. The van der Waals surface area contributed by atoms with Gasteiger partial charge in [0, 0.05) is 37.6 Å². The van der Waals surface area contributed by atoms with Crippen molar-refractivity contribution in [3.05, 3.63) is 53.6 Å². The number of hydrogen-bond donors (Lipinski definition) is 0. The lowest BCUT2D eigenvalue weighted by molar-refractivity contribution is -0.116. The van der Waals surface area contributed by atoms with Gasteiger partial charge in [0.05, 0.1) is 24.5 Å². The number of halogens is 1. The number of thiazole rings is 1. The monoisotopic (exact) mass is 406 g/mol. The molecule has 0 saturated heterocycles. The molecule has 3 aromatic rings. The molecule has 0 fully saturated rings. The molecule has 6 nitrogen and oxygen atoms in total. The maximum atomic E-state index is 13.5. The second-order valence-corrected chi connectivity index (χ2v) is 7.41. The number of carbonyl (C=O) groups excluding carboxylic acids is 1. The van der Waals surface area contributed by atoms with E-state index in [1.807, 2.05) is 16.0 Å². The number of hydrogen-bond acceptors (Lipinski definition) is 6. The Hall–Kier alpha value is -2.23. The third kappa shape index (κ3) is 4.94. The van der Waals surface area contributed by atoms with Crippen molar-refractivity contribution in [2.45, 2.75) is 17.8 Å². The summed E-state index contributed by atoms with van der Waals surface area (Å²) in [5, 5.41) is 3.34. The first-order valence-corrected chi connectivity index (χ1v) is 10.1. The highest BCUT2D eigenvalue weighted by Gasteiger charge is 2.16. The molecule has 2 heterocycles. The number of benzene rings is 1. The first-order valence-electron chi connectivity index (χ1n) is 8.22. The first kappa shape index (κ1) is 19.5. The number of anilines is 1. The molecule has 0 saturated carbocycles. The molecule has 2 aromatic heterocycles. The molecule has 0 bridgehead atoms. The van der Waals surface area contributed by atoms with E-state index < -0.39 is 0 Å². The van der Waals surface area contributed by atoms with Crippen molar-refractivity contribution in [1.82, 2.24) is 14.5 Å². The van der Waals surface area contributed by atoms with E-state index in [0.717, 1.165) is 16.5 Å². The molecule has 1 aromatic carbocycles. The Bertz CT molecular complexity index is 912. The summed E-state index contributed by atoms with van der Waals surface area (Å²) in [5.74, 6) is 0.239. The van der Waals surface area contributed by atoms with Gasteiger partial charge in [-0.3, -0.25) is 14.3 Å². The zero-order valence-corrected chi connectivity index (χ0v) is 16.6. The SMILES string of the molecule is COCCN(C(C)=O)c1nc(CSc2nccn2-c2cccc(F)c2)cs1. The number of imidazole rings is 1. The van der Waals surface area contributed by atoms with Crippen LogP contribution in [0.1, 0.15) is 12.6 Å². The molecular weight excluding hydrogens is 387 g/mol. The van der Waals surface area contributed by atoms with E-state index >= 15 is 0 Å². The lowest BCUT2D eigenvalue weighted by Gasteiger charge is -2.16. The van der Waals surface area contributed by atoms with Crippen molar-refractivity contribution < 1.29 is 13.9 Å². The van der Waals surface area contributed by atoms with Gasteiger partial charge in [0.15, 0.2) is 10.3 Å². The Balaban J connectivity index is 1.69. The third-order valence-electron chi connectivity index (χ3n) is 3.71. The van der Waals surface area contributed by atoms with Crippen molar-refractivity contribution >= 4 is 34.1 Å². The molecule has 0 unspecified atom stereocenters. The minimum atomic E-state index is -0.290. The van der Waals surface area contributed by atoms with Crippen LogP contribution in [0.15, 0.2) is 47.2 Å². The van der Waals surface area contributed by atoms with E-state index in [1.54, 1.807) is 30.5 Å². The van der Waals surface area contributed by atoms with E-state index in [-0.39, 0.29) is 11.7 Å². The highest BCUT2D eigenvalue weighted by molar-refractivity contribution is 7.98. The number of amides is 1. The third-order valence-corrected chi connectivity index (χ3v) is 5.62. The fourth-order valence-electron chi connectivity index (χ4n) is 2.41. The fourth-order valence-corrected chi connectivity index (χ4v) is 4.28. The molecule has 27 heavy (non-hydrogen) atoms. The van der Waals surface area contributed by atoms with Gasteiger partial charge in [0.2, 0.25) is 5.91 Å². The zero-order chi connectivity index (χ0) is 19.2. The summed E-state index contributed by atoms with van der Waals surface area (Å²) in [4.78, 5) is 22.3. The molecule has 0 spiro atoms. The maximum absolute atomic E-state index is 13.5. The summed E-state index contributed by atoms with van der Waals surface area (Å²) in [6.45, 7) is 2.44. The van der Waals surface area contributed by atoms with E-state index in [0.29, 0.717) is 24.0 Å². The predicted molar refractivity (Wildman–Crippen MR) is 105 cm³/mol. The minimum Gasteiger partial charge on any atom is -0.383 e. The van der Waals surface area contributed by atoms with Crippen LogP contribution in [0.5, 0.6) is 0 Å². The smallest absolute Gasteiger partial charge is 0.225 e. The fraction of sp³-hybridized carbons (Fsp3) is 0.278. The van der Waals surface area contributed by atoms with E-state index in [9.17, 15) is 9.18 Å². The molecule has 0 N–H and O–H groups in total. The topological polar surface area (TPSA) is 60.2 Å². The minimum absolute atomic E-state index is 0.0674. The van der Waals surface area contributed by atoms with Gasteiger partial charge in [0.1, 0.15) is 5.82 Å². The van der Waals surface area contributed by atoms with Gasteiger partial charge in [-0.2, -0.15) is 0 Å². The summed E-state index contributed by atoms with van der Waals surface area (Å²) in [6, 6.07) is 6.38. The molecule has 0 radical (unpaired) electrons. The molecular formula is C18H19FN4O2S2. The van der Waals surface area contributed by atoms with Crippen LogP contribution in [0.4, 0.5) is 9.52 Å². The van der Waals surface area contributed by atoms with Crippen LogP contribution in [0.25, 0.3) is 5.69 Å². The summed E-state index contributed by atoms with van der Waals surface area (Å²) >= 11 is 2.93. The average Bonchev–Trinajstić information content (AvgIpc) is 3.29. The molecule has 142 valence electrons. The summed E-state index contributed by atoms with van der Waals surface area (Å²) in [7, 11) is 1.60. The van der Waals surface area contributed by atoms with Gasteiger partial charge in [-0.15, -0.1) is 11.3 Å². The Morgan fingerprint density at radius 2 is 2.30 bits per heavy atom. The standard InChI is InChI=1S/C18H19FN4O2S2/c1-13(24)22(8-9-25-2)18-21-15(12-27-18)11-26-17-20-6-7-23(17)16-5-3-4-14(19)10-16/h3-7,10,12H,8-9,11H2,1-2H3. The first-order chi connectivity index (χ1) is 13.1. The van der Waals surface area contributed by atoms with Crippen LogP contribution in [0.3, 0.4) is 0 Å². The number of aromatic nitrogens is 3. The number of methoxy groups -OCH3 is 1. The van der Waals surface area contributed by atoms with Gasteiger partial charge < -0.3 is 4.74 Å². The quantitative estimate of drug-likeness (QED) is 0.533. The number of carbonyl (C=O) groups is 1. The maximum Gasteiger partial charge on any atom is 0.225 e.